The number of benzene rings is 5. The van der Waals surface area contributed by atoms with Gasteiger partial charge in [-0.25, -0.2) is 9.97 Å². The summed E-state index contributed by atoms with van der Waals surface area (Å²) in [5.41, 5.74) is 13.8. The molecule has 0 saturated heterocycles. The van der Waals surface area contributed by atoms with Crippen molar-refractivity contribution in [3.63, 3.8) is 0 Å². The average molecular weight is 642 g/mol. The highest BCUT2D eigenvalue weighted by atomic mass is 14.9. The van der Waals surface area contributed by atoms with Gasteiger partial charge in [-0.05, 0) is 66.9 Å². The van der Waals surface area contributed by atoms with E-state index in [2.05, 4.69) is 115 Å². The van der Waals surface area contributed by atoms with Crippen molar-refractivity contribution in [1.29, 1.82) is 0 Å². The molecule has 0 bridgehead atoms. The molecule has 0 aliphatic rings. The Kier molecular flexibility index (Phi) is 7.17. The zero-order chi connectivity index (χ0) is 33.6. The summed E-state index contributed by atoms with van der Waals surface area (Å²) in [6.45, 7) is 4.07. The van der Waals surface area contributed by atoms with Crippen LogP contribution >= 0.6 is 0 Å². The highest BCUT2D eigenvalue weighted by Gasteiger charge is 2.15. The molecular weight excluding hydrogens is 611 g/mol. The molecule has 4 aromatic heterocycles. The van der Waals surface area contributed by atoms with Crippen molar-refractivity contribution < 1.29 is 0 Å². The van der Waals surface area contributed by atoms with E-state index in [1.807, 2.05) is 50.4 Å². The summed E-state index contributed by atoms with van der Waals surface area (Å²) in [5, 5.41) is 3.28. The lowest BCUT2D eigenvalue weighted by Gasteiger charge is -2.13. The number of aromatic nitrogens is 5. The Morgan fingerprint density at radius 1 is 0.380 bits per heavy atom. The Labute approximate surface area is 290 Å². The first-order chi connectivity index (χ1) is 24.6. The molecule has 0 radical (unpaired) electrons. The maximum atomic E-state index is 5.14. The molecule has 0 aliphatic heterocycles. The predicted octanol–water partition coefficient (Wildman–Crippen LogP) is 11.1. The van der Waals surface area contributed by atoms with Gasteiger partial charge in [-0.2, -0.15) is 0 Å². The maximum Gasteiger partial charge on any atom is 0.160 e. The predicted molar refractivity (Wildman–Crippen MR) is 205 cm³/mol. The van der Waals surface area contributed by atoms with Gasteiger partial charge in [-0.3, -0.25) is 15.0 Å². The minimum Gasteiger partial charge on any atom is -0.256 e. The number of para-hydroxylation sites is 1. The van der Waals surface area contributed by atoms with Crippen molar-refractivity contribution in [2.45, 2.75) is 13.8 Å². The van der Waals surface area contributed by atoms with E-state index in [1.54, 1.807) is 0 Å². The quantitative estimate of drug-likeness (QED) is 0.175. The maximum absolute atomic E-state index is 5.14. The minimum atomic E-state index is 0.679. The van der Waals surface area contributed by atoms with Gasteiger partial charge in [0.25, 0.3) is 0 Å². The van der Waals surface area contributed by atoms with E-state index in [1.165, 1.54) is 0 Å². The van der Waals surface area contributed by atoms with Crippen LogP contribution in [-0.2, 0) is 0 Å². The van der Waals surface area contributed by atoms with Crippen molar-refractivity contribution in [3.05, 3.63) is 163 Å². The molecule has 9 aromatic rings. The average Bonchev–Trinajstić information content (AvgIpc) is 3.17. The number of rotatable bonds is 5. The molecule has 0 saturated carbocycles. The first-order valence-electron chi connectivity index (χ1n) is 16.7. The van der Waals surface area contributed by atoms with E-state index in [4.69, 9.17) is 24.9 Å². The molecule has 0 spiro atoms. The van der Waals surface area contributed by atoms with Crippen molar-refractivity contribution in [2.75, 3.05) is 0 Å². The zero-order valence-electron chi connectivity index (χ0n) is 27.7. The third kappa shape index (κ3) is 5.35. The normalized spacial score (nSPS) is 11.4. The Morgan fingerprint density at radius 2 is 1.00 bits per heavy atom. The molecule has 5 heteroatoms. The monoisotopic (exact) mass is 641 g/mol. The van der Waals surface area contributed by atoms with E-state index in [0.717, 1.165) is 94.4 Å². The van der Waals surface area contributed by atoms with Crippen LogP contribution < -0.4 is 0 Å². The van der Waals surface area contributed by atoms with E-state index in [-0.39, 0.29) is 0 Å². The number of hydrogen-bond acceptors (Lipinski definition) is 5. The molecule has 0 fully saturated rings. The van der Waals surface area contributed by atoms with Crippen LogP contribution in [0.3, 0.4) is 0 Å². The number of pyridine rings is 3. The van der Waals surface area contributed by atoms with E-state index in [9.17, 15) is 0 Å². The Bertz CT molecular complexity index is 2730. The second kappa shape index (κ2) is 12.1. The molecular formula is C45H31N5. The molecule has 0 aliphatic carbocycles. The van der Waals surface area contributed by atoms with Gasteiger partial charge in [-0.15, -0.1) is 0 Å². The summed E-state index contributed by atoms with van der Waals surface area (Å²) in [4.78, 5) is 24.8. The summed E-state index contributed by atoms with van der Waals surface area (Å²) in [5.74, 6) is 0.679. The van der Waals surface area contributed by atoms with Crippen molar-refractivity contribution >= 4 is 32.7 Å². The SMILES string of the molecule is Cc1ccc2ccc3c(-c4cccc(-c5cc(-c6cccc(-c7cccc8cccnc78)c6)nc(-c6ccccc6)n5)c4)cc(C)nc3c2n1. The number of fused-ring (bicyclic) bond motifs is 4. The van der Waals surface area contributed by atoms with E-state index >= 15 is 0 Å². The highest BCUT2D eigenvalue weighted by Crippen LogP contribution is 2.36. The van der Waals surface area contributed by atoms with Gasteiger partial charge < -0.3 is 0 Å². The van der Waals surface area contributed by atoms with E-state index < -0.39 is 0 Å². The van der Waals surface area contributed by atoms with Gasteiger partial charge in [0.05, 0.1) is 27.9 Å². The van der Waals surface area contributed by atoms with Crippen LogP contribution in [0.15, 0.2) is 152 Å². The molecule has 4 heterocycles. The Morgan fingerprint density at radius 3 is 1.78 bits per heavy atom. The summed E-state index contributed by atoms with van der Waals surface area (Å²) in [6.07, 6.45) is 1.85. The van der Waals surface area contributed by atoms with Crippen LogP contribution in [-0.4, -0.2) is 24.9 Å². The lowest BCUT2D eigenvalue weighted by Crippen LogP contribution is -1.96. The Hall–Kier alpha value is -6.59. The second-order valence-corrected chi connectivity index (χ2v) is 12.7. The molecule has 5 nitrogen and oxygen atoms in total. The summed E-state index contributed by atoms with van der Waals surface area (Å²) in [7, 11) is 0. The zero-order valence-corrected chi connectivity index (χ0v) is 27.7. The van der Waals surface area contributed by atoms with Crippen LogP contribution in [0.25, 0.3) is 88.9 Å². The first-order valence-corrected chi connectivity index (χ1v) is 16.7. The van der Waals surface area contributed by atoms with Crippen LogP contribution in [0.2, 0.25) is 0 Å². The van der Waals surface area contributed by atoms with Gasteiger partial charge in [0.1, 0.15) is 0 Å². The molecule has 0 amide bonds. The largest absolute Gasteiger partial charge is 0.256 e. The lowest BCUT2D eigenvalue weighted by atomic mass is 9.96. The number of nitrogens with zero attached hydrogens (tertiary/aromatic N) is 5. The van der Waals surface area contributed by atoms with Crippen molar-refractivity contribution in [1.82, 2.24) is 24.9 Å². The summed E-state index contributed by atoms with van der Waals surface area (Å²) in [6, 6.07) is 50.5. The topological polar surface area (TPSA) is 64.5 Å². The highest BCUT2D eigenvalue weighted by molar-refractivity contribution is 6.08. The molecule has 0 atom stereocenters. The molecule has 9 rings (SSSR count). The van der Waals surface area contributed by atoms with Crippen LogP contribution in [0.1, 0.15) is 11.4 Å². The molecule has 50 heavy (non-hydrogen) atoms. The van der Waals surface area contributed by atoms with Gasteiger partial charge >= 0.3 is 0 Å². The summed E-state index contributed by atoms with van der Waals surface area (Å²) >= 11 is 0. The molecule has 0 N–H and O–H groups in total. The fourth-order valence-corrected chi connectivity index (χ4v) is 6.82. The fourth-order valence-electron chi connectivity index (χ4n) is 6.82. The molecule has 236 valence electrons. The van der Waals surface area contributed by atoms with Crippen LogP contribution in [0.5, 0.6) is 0 Å². The summed E-state index contributed by atoms with van der Waals surface area (Å²) < 4.78 is 0. The Balaban J connectivity index is 1.20. The van der Waals surface area contributed by atoms with Gasteiger partial charge in [0, 0.05) is 56.0 Å². The standard InChI is InChI=1S/C45H31N5/c1-28-19-20-31-21-22-38-39(24-29(2)48-44(38)43(31)47-28)34-14-7-16-36(26-34)41-27-40(49-45(50-41)32-10-4-3-5-11-32)35-15-6-13-33(25-35)37-18-8-12-30-17-9-23-46-42(30)37/h3-27H,1-2H3. The minimum absolute atomic E-state index is 0.679. The molecule has 5 aromatic carbocycles. The third-order valence-electron chi connectivity index (χ3n) is 9.24. The van der Waals surface area contributed by atoms with Crippen molar-refractivity contribution in [3.8, 4) is 56.2 Å². The fraction of sp³-hybridized carbons (Fsp3) is 0.0444. The number of hydrogen-bond donors (Lipinski definition) is 0. The number of aryl methyl sites for hydroxylation is 2. The third-order valence-corrected chi connectivity index (χ3v) is 9.24. The van der Waals surface area contributed by atoms with Gasteiger partial charge in [-0.1, -0.05) is 109 Å². The first kappa shape index (κ1) is 29.5. The smallest absolute Gasteiger partial charge is 0.160 e. The van der Waals surface area contributed by atoms with Crippen LogP contribution in [0, 0.1) is 13.8 Å². The molecule has 0 unspecified atom stereocenters. The lowest BCUT2D eigenvalue weighted by molar-refractivity contribution is 1.18. The van der Waals surface area contributed by atoms with Gasteiger partial charge in [0.15, 0.2) is 5.82 Å². The van der Waals surface area contributed by atoms with Crippen molar-refractivity contribution in [2.24, 2.45) is 0 Å². The second-order valence-electron chi connectivity index (χ2n) is 12.7. The van der Waals surface area contributed by atoms with E-state index in [0.29, 0.717) is 5.82 Å². The van der Waals surface area contributed by atoms with Gasteiger partial charge in [0.2, 0.25) is 0 Å². The van der Waals surface area contributed by atoms with Crippen LogP contribution in [0.4, 0.5) is 0 Å².